The van der Waals surface area contributed by atoms with Gasteiger partial charge in [0.2, 0.25) is 11.8 Å². The Bertz CT molecular complexity index is 2110. The number of pyridine rings is 1. The predicted octanol–water partition coefficient (Wildman–Crippen LogP) is 4.38. The molecule has 0 bridgehead atoms. The van der Waals surface area contributed by atoms with E-state index in [9.17, 15) is 14.4 Å². The first-order valence-electron chi connectivity index (χ1n) is 15.7. The van der Waals surface area contributed by atoms with Crippen LogP contribution in [0.4, 0.5) is 0 Å². The van der Waals surface area contributed by atoms with E-state index in [4.69, 9.17) is 32.9 Å². The second-order valence-electron chi connectivity index (χ2n) is 11.7. The minimum atomic E-state index is -0.416. The third kappa shape index (κ3) is 7.18. The quantitative estimate of drug-likeness (QED) is 0.162. The summed E-state index contributed by atoms with van der Waals surface area (Å²) in [5.74, 6) is 0.592. The standard InChI is InChI=1S/C35H35Cl2N7O5/c1-43-29(17-39-18-31(46)48-2)42-44-19-21(14-28(44)35(43)47)23-6-4-7-24(32(23)36)25-8-5-9-26(33(25)37)27-12-10-20(34(41-27)49-3)15-38-16-22-11-13-30(45)40-22/h4-10,12,14,19,22,38-39H,11,13,15-18H2,1-3H3,(H,40,45)/t22-/m1/s1. The van der Waals surface area contributed by atoms with E-state index < -0.39 is 5.97 Å². The molecule has 3 N–H and O–H groups in total. The Labute approximate surface area is 292 Å². The van der Waals surface area contributed by atoms with Gasteiger partial charge in [-0.3, -0.25) is 24.3 Å². The second-order valence-corrected chi connectivity index (χ2v) is 12.4. The number of benzene rings is 2. The topological polar surface area (TPSA) is 141 Å². The van der Waals surface area contributed by atoms with Crippen molar-refractivity contribution in [3.05, 3.63) is 92.6 Å². The minimum Gasteiger partial charge on any atom is -0.481 e. The first-order valence-corrected chi connectivity index (χ1v) is 16.4. The molecule has 0 saturated carbocycles. The van der Waals surface area contributed by atoms with E-state index >= 15 is 0 Å². The van der Waals surface area contributed by atoms with Crippen LogP contribution < -0.4 is 26.2 Å². The number of carbonyl (C=O) groups excluding carboxylic acids is 2. The Hall–Kier alpha value is -4.75. The number of amides is 1. The maximum Gasteiger partial charge on any atom is 0.319 e. The van der Waals surface area contributed by atoms with Crippen LogP contribution >= 0.6 is 23.2 Å². The Balaban J connectivity index is 1.27. The molecule has 1 aliphatic heterocycles. The van der Waals surface area contributed by atoms with Gasteiger partial charge in [-0.05, 0) is 18.6 Å². The summed E-state index contributed by atoms with van der Waals surface area (Å²) >= 11 is 14.1. The highest BCUT2D eigenvalue weighted by Crippen LogP contribution is 2.42. The van der Waals surface area contributed by atoms with Crippen LogP contribution in [-0.2, 0) is 34.5 Å². The van der Waals surface area contributed by atoms with Crippen molar-refractivity contribution in [2.75, 3.05) is 27.3 Å². The number of fused-ring (bicyclic) bond motifs is 1. The van der Waals surface area contributed by atoms with Crippen LogP contribution in [0.5, 0.6) is 5.88 Å². The van der Waals surface area contributed by atoms with Crippen LogP contribution in [0.2, 0.25) is 10.0 Å². The third-order valence-corrected chi connectivity index (χ3v) is 9.33. The monoisotopic (exact) mass is 703 g/mol. The number of ether oxygens (including phenoxy) is 2. The maximum atomic E-state index is 13.2. The van der Waals surface area contributed by atoms with E-state index in [0.717, 1.165) is 12.0 Å². The maximum absolute atomic E-state index is 13.2. The van der Waals surface area contributed by atoms with Crippen molar-refractivity contribution >= 4 is 40.6 Å². The summed E-state index contributed by atoms with van der Waals surface area (Å²) in [6, 6.07) is 17.1. The number of methoxy groups -OCH3 is 2. The molecule has 6 rings (SSSR count). The van der Waals surface area contributed by atoms with Crippen LogP contribution in [0.15, 0.2) is 65.6 Å². The summed E-state index contributed by atoms with van der Waals surface area (Å²) in [5, 5.41) is 14.8. The van der Waals surface area contributed by atoms with Gasteiger partial charge in [-0.25, -0.2) is 9.50 Å². The van der Waals surface area contributed by atoms with E-state index in [0.29, 0.717) is 80.3 Å². The minimum absolute atomic E-state index is 0.0107. The molecule has 0 radical (unpaired) electrons. The fourth-order valence-electron chi connectivity index (χ4n) is 5.87. The molecule has 1 atom stereocenters. The van der Waals surface area contributed by atoms with E-state index in [-0.39, 0.29) is 30.6 Å². The largest absolute Gasteiger partial charge is 0.481 e. The molecule has 254 valence electrons. The van der Waals surface area contributed by atoms with Crippen molar-refractivity contribution in [3.63, 3.8) is 0 Å². The van der Waals surface area contributed by atoms with Crippen LogP contribution in [-0.4, -0.2) is 64.4 Å². The van der Waals surface area contributed by atoms with Crippen LogP contribution in [0.3, 0.4) is 0 Å². The van der Waals surface area contributed by atoms with Gasteiger partial charge in [-0.15, -0.1) is 0 Å². The lowest BCUT2D eigenvalue weighted by Crippen LogP contribution is -2.35. The average Bonchev–Trinajstić information content (AvgIpc) is 3.73. The number of aromatic nitrogens is 4. The van der Waals surface area contributed by atoms with Gasteiger partial charge in [-0.1, -0.05) is 65.7 Å². The van der Waals surface area contributed by atoms with Gasteiger partial charge < -0.3 is 20.1 Å². The third-order valence-electron chi connectivity index (χ3n) is 8.51. The van der Waals surface area contributed by atoms with Crippen molar-refractivity contribution in [3.8, 4) is 39.4 Å². The highest BCUT2D eigenvalue weighted by Gasteiger charge is 2.21. The Morgan fingerprint density at radius 2 is 1.69 bits per heavy atom. The zero-order valence-corrected chi connectivity index (χ0v) is 28.7. The van der Waals surface area contributed by atoms with Gasteiger partial charge >= 0.3 is 5.97 Å². The first-order chi connectivity index (χ1) is 23.7. The molecule has 4 heterocycles. The highest BCUT2D eigenvalue weighted by molar-refractivity contribution is 6.39. The molecule has 0 unspecified atom stereocenters. The van der Waals surface area contributed by atoms with Gasteiger partial charge in [0.25, 0.3) is 5.56 Å². The number of nitrogens with one attached hydrogen (secondary N) is 3. The van der Waals surface area contributed by atoms with Crippen molar-refractivity contribution in [2.24, 2.45) is 7.05 Å². The molecule has 3 aromatic heterocycles. The number of nitrogens with zero attached hydrogens (tertiary/aromatic N) is 4. The van der Waals surface area contributed by atoms with Gasteiger partial charge in [0.15, 0.2) is 0 Å². The lowest BCUT2D eigenvalue weighted by molar-refractivity contribution is -0.139. The summed E-state index contributed by atoms with van der Waals surface area (Å²) in [7, 11) is 4.52. The summed E-state index contributed by atoms with van der Waals surface area (Å²) in [5.41, 5.74) is 5.19. The molecule has 49 heavy (non-hydrogen) atoms. The predicted molar refractivity (Wildman–Crippen MR) is 188 cm³/mol. The zero-order valence-electron chi connectivity index (χ0n) is 27.2. The number of hydrogen-bond acceptors (Lipinski definition) is 9. The van der Waals surface area contributed by atoms with E-state index in [1.54, 1.807) is 26.4 Å². The fraction of sp³-hybridized carbons (Fsp3) is 0.286. The summed E-state index contributed by atoms with van der Waals surface area (Å²) < 4.78 is 13.3. The van der Waals surface area contributed by atoms with Gasteiger partial charge in [0.1, 0.15) is 11.3 Å². The lowest BCUT2D eigenvalue weighted by Gasteiger charge is -2.15. The molecule has 1 fully saturated rings. The molecular weight excluding hydrogens is 669 g/mol. The number of esters is 1. The van der Waals surface area contributed by atoms with Crippen molar-refractivity contribution in [1.29, 1.82) is 0 Å². The van der Waals surface area contributed by atoms with Crippen LogP contribution in [0, 0.1) is 0 Å². The van der Waals surface area contributed by atoms with Gasteiger partial charge in [0, 0.05) is 72.2 Å². The lowest BCUT2D eigenvalue weighted by atomic mass is 9.97. The highest BCUT2D eigenvalue weighted by atomic mass is 35.5. The Morgan fingerprint density at radius 3 is 2.39 bits per heavy atom. The Kier molecular flexibility index (Phi) is 10.3. The molecule has 5 aromatic rings. The normalized spacial score (nSPS) is 14.3. The fourth-order valence-corrected chi connectivity index (χ4v) is 6.53. The smallest absolute Gasteiger partial charge is 0.319 e. The summed E-state index contributed by atoms with van der Waals surface area (Å²) in [6.45, 7) is 1.37. The molecule has 0 spiro atoms. The molecule has 12 nitrogen and oxygen atoms in total. The van der Waals surface area contributed by atoms with Crippen molar-refractivity contribution in [2.45, 2.75) is 32.0 Å². The first kappa shape index (κ1) is 34.1. The number of rotatable bonds is 12. The number of carbonyl (C=O) groups is 2. The molecule has 0 aliphatic carbocycles. The number of halogens is 2. The van der Waals surface area contributed by atoms with Crippen molar-refractivity contribution < 1.29 is 19.1 Å². The average molecular weight is 705 g/mol. The molecule has 2 aromatic carbocycles. The second kappa shape index (κ2) is 14.8. The molecule has 14 heteroatoms. The molecule has 1 aliphatic rings. The van der Waals surface area contributed by atoms with E-state index in [2.05, 4.69) is 25.8 Å². The summed E-state index contributed by atoms with van der Waals surface area (Å²) in [6.07, 6.45) is 3.13. The SMILES string of the molecule is COC(=O)CNCc1nn2cc(-c3cccc(-c4cccc(-c5ccc(CNC[C@H]6CCC(=O)N6)c(OC)n5)c4Cl)c3Cl)cc2c(=O)n1C. The van der Waals surface area contributed by atoms with Crippen molar-refractivity contribution in [1.82, 2.24) is 35.1 Å². The van der Waals surface area contributed by atoms with Gasteiger partial charge in [-0.2, -0.15) is 5.10 Å². The van der Waals surface area contributed by atoms with Crippen LogP contribution in [0.1, 0.15) is 24.2 Å². The van der Waals surface area contributed by atoms with E-state index in [1.807, 2.05) is 48.5 Å². The summed E-state index contributed by atoms with van der Waals surface area (Å²) in [4.78, 5) is 41.0. The molecule has 1 amide bonds. The van der Waals surface area contributed by atoms with Crippen LogP contribution in [0.25, 0.3) is 39.0 Å². The number of hydrogen-bond donors (Lipinski definition) is 3. The molecular formula is C35H35Cl2N7O5. The zero-order chi connectivity index (χ0) is 34.7. The molecule has 1 saturated heterocycles. The Morgan fingerprint density at radius 1 is 0.980 bits per heavy atom. The van der Waals surface area contributed by atoms with Gasteiger partial charge in [0.05, 0.1) is 43.0 Å². The van der Waals surface area contributed by atoms with E-state index in [1.165, 1.54) is 16.2 Å².